The van der Waals surface area contributed by atoms with Gasteiger partial charge in [0.15, 0.2) is 0 Å². The number of thiazole rings is 1. The van der Waals surface area contributed by atoms with E-state index in [0.717, 1.165) is 11.4 Å². The summed E-state index contributed by atoms with van der Waals surface area (Å²) >= 11 is 1.57. The fraction of sp³-hybridized carbons (Fsp3) is 0. The number of pyridine rings is 1. The molecule has 0 aliphatic carbocycles. The highest BCUT2D eigenvalue weighted by atomic mass is 32.1. The minimum absolute atomic E-state index is 0.883. The van der Waals surface area contributed by atoms with Crippen molar-refractivity contribution in [2.45, 2.75) is 0 Å². The van der Waals surface area contributed by atoms with E-state index in [1.165, 1.54) is 0 Å². The van der Waals surface area contributed by atoms with Crippen LogP contribution in [0, 0.1) is 6.07 Å². The zero-order chi connectivity index (χ0) is 7.52. The molecule has 0 bridgehead atoms. The maximum Gasteiger partial charge on any atom is 0.0995 e. The molecular weight excluding hydrogens is 156 g/mol. The molecule has 0 spiro atoms. The van der Waals surface area contributed by atoms with Crippen molar-refractivity contribution in [1.82, 2.24) is 9.97 Å². The lowest BCUT2D eigenvalue weighted by Crippen LogP contribution is -1.79. The average molecular weight is 161 g/mol. The van der Waals surface area contributed by atoms with Crippen molar-refractivity contribution >= 4 is 11.3 Å². The Morgan fingerprint density at radius 1 is 1.27 bits per heavy atom. The van der Waals surface area contributed by atoms with Gasteiger partial charge >= 0.3 is 0 Å². The summed E-state index contributed by atoms with van der Waals surface area (Å²) in [4.78, 5) is 8.26. The van der Waals surface area contributed by atoms with E-state index in [9.17, 15) is 0 Å². The van der Waals surface area contributed by atoms with Crippen molar-refractivity contribution in [3.8, 4) is 11.4 Å². The fourth-order valence-electron chi connectivity index (χ4n) is 0.804. The molecule has 0 saturated heterocycles. The van der Waals surface area contributed by atoms with Gasteiger partial charge in [-0.3, -0.25) is 4.98 Å². The number of hydrogen-bond donors (Lipinski definition) is 0. The van der Waals surface area contributed by atoms with Gasteiger partial charge in [-0.05, 0) is 18.2 Å². The number of aromatic nitrogens is 2. The second-order valence-electron chi connectivity index (χ2n) is 2.01. The second-order valence-corrected chi connectivity index (χ2v) is 2.73. The monoisotopic (exact) mass is 161 g/mol. The molecule has 2 nitrogen and oxygen atoms in total. The summed E-state index contributed by atoms with van der Waals surface area (Å²) in [5, 5.41) is 1.97. The highest BCUT2D eigenvalue weighted by molar-refractivity contribution is 7.07. The van der Waals surface area contributed by atoms with Crippen molar-refractivity contribution in [2.24, 2.45) is 0 Å². The van der Waals surface area contributed by atoms with Gasteiger partial charge in [-0.2, -0.15) is 0 Å². The van der Waals surface area contributed by atoms with Crippen molar-refractivity contribution < 1.29 is 0 Å². The van der Waals surface area contributed by atoms with Crippen molar-refractivity contribution in [1.29, 1.82) is 0 Å². The summed E-state index contributed by atoms with van der Waals surface area (Å²) in [5.41, 5.74) is 3.60. The normalized spacial score (nSPS) is 9.82. The predicted molar refractivity (Wildman–Crippen MR) is 44.2 cm³/mol. The predicted octanol–water partition coefficient (Wildman–Crippen LogP) is 2.01. The first-order chi connectivity index (χ1) is 5.47. The Hall–Kier alpha value is -1.22. The van der Waals surface area contributed by atoms with Crippen LogP contribution >= 0.6 is 11.3 Å². The molecular formula is C8H5N2S. The average Bonchev–Trinajstić information content (AvgIpc) is 2.58. The molecule has 2 rings (SSSR count). The molecule has 0 fully saturated rings. The van der Waals surface area contributed by atoms with E-state index in [2.05, 4.69) is 16.0 Å². The van der Waals surface area contributed by atoms with Crippen LogP contribution in [0.4, 0.5) is 0 Å². The lowest BCUT2D eigenvalue weighted by molar-refractivity contribution is 1.28. The smallest absolute Gasteiger partial charge is 0.0995 e. The van der Waals surface area contributed by atoms with E-state index < -0.39 is 0 Å². The zero-order valence-corrected chi connectivity index (χ0v) is 6.51. The highest BCUT2D eigenvalue weighted by Crippen LogP contribution is 2.14. The summed E-state index contributed by atoms with van der Waals surface area (Å²) < 4.78 is 0. The molecule has 2 heterocycles. The molecule has 0 unspecified atom stereocenters. The van der Waals surface area contributed by atoms with Gasteiger partial charge in [0.1, 0.15) is 0 Å². The van der Waals surface area contributed by atoms with Gasteiger partial charge in [0, 0.05) is 11.6 Å². The Morgan fingerprint density at radius 2 is 2.27 bits per heavy atom. The molecule has 0 N–H and O–H groups in total. The third-order valence-electron chi connectivity index (χ3n) is 1.30. The van der Waals surface area contributed by atoms with Crippen LogP contribution in [0.2, 0.25) is 0 Å². The quantitative estimate of drug-likeness (QED) is 0.639. The Labute approximate surface area is 68.6 Å². The van der Waals surface area contributed by atoms with Crippen LogP contribution in [0.25, 0.3) is 11.4 Å². The largest absolute Gasteiger partial charge is 0.255 e. The Bertz CT molecular complexity index is 315. The first kappa shape index (κ1) is 6.49. The molecule has 2 aromatic rings. The van der Waals surface area contributed by atoms with Gasteiger partial charge < -0.3 is 0 Å². The molecule has 0 aliphatic rings. The standard InChI is InChI=1S/C8H5N2S/c1-2-4-9-7(3-1)8-5-11-6-10-8/h2-6H. The van der Waals surface area contributed by atoms with E-state index in [-0.39, 0.29) is 0 Å². The van der Waals surface area contributed by atoms with E-state index >= 15 is 0 Å². The second kappa shape index (κ2) is 2.80. The van der Waals surface area contributed by atoms with Crippen LogP contribution in [0.3, 0.4) is 0 Å². The molecule has 0 amide bonds. The van der Waals surface area contributed by atoms with E-state index in [0.29, 0.717) is 0 Å². The van der Waals surface area contributed by atoms with Crippen molar-refractivity contribution in [3.63, 3.8) is 0 Å². The molecule has 0 aromatic carbocycles. The summed E-state index contributed by atoms with van der Waals surface area (Å²) in [6.45, 7) is 0. The van der Waals surface area contributed by atoms with Crippen LogP contribution < -0.4 is 0 Å². The Kier molecular flexibility index (Phi) is 1.65. The first-order valence-corrected chi connectivity index (χ1v) is 4.12. The molecule has 11 heavy (non-hydrogen) atoms. The van der Waals surface area contributed by atoms with Gasteiger partial charge in [-0.1, -0.05) is 0 Å². The lowest BCUT2D eigenvalue weighted by atomic mass is 10.3. The Morgan fingerprint density at radius 3 is 2.91 bits per heavy atom. The maximum absolute atomic E-state index is 4.13. The van der Waals surface area contributed by atoms with Crippen LogP contribution in [0.1, 0.15) is 0 Å². The summed E-state index contributed by atoms with van der Waals surface area (Å²) in [5.74, 6) is 0. The van der Waals surface area contributed by atoms with Gasteiger partial charge in [0.25, 0.3) is 0 Å². The number of nitrogens with zero attached hydrogens (tertiary/aromatic N) is 2. The molecule has 3 heteroatoms. The zero-order valence-electron chi connectivity index (χ0n) is 5.69. The van der Waals surface area contributed by atoms with E-state index in [1.54, 1.807) is 29.1 Å². The molecule has 2 aromatic heterocycles. The van der Waals surface area contributed by atoms with Crippen LogP contribution in [0.15, 0.2) is 29.2 Å². The van der Waals surface area contributed by atoms with Gasteiger partial charge in [-0.15, -0.1) is 11.3 Å². The molecule has 1 radical (unpaired) electrons. The SMILES string of the molecule is [c]1ccnc(-c2cscn2)c1. The van der Waals surface area contributed by atoms with Gasteiger partial charge in [-0.25, -0.2) is 4.98 Å². The third kappa shape index (κ3) is 1.28. The Balaban J connectivity index is 2.46. The molecule has 0 aliphatic heterocycles. The lowest BCUT2D eigenvalue weighted by Gasteiger charge is -1.90. The van der Waals surface area contributed by atoms with Gasteiger partial charge in [0.05, 0.1) is 16.9 Å². The summed E-state index contributed by atoms with van der Waals surface area (Å²) in [6, 6.07) is 6.55. The van der Waals surface area contributed by atoms with Crippen molar-refractivity contribution in [3.05, 3.63) is 35.3 Å². The van der Waals surface area contributed by atoms with Crippen molar-refractivity contribution in [2.75, 3.05) is 0 Å². The molecule has 0 saturated carbocycles. The minimum Gasteiger partial charge on any atom is -0.255 e. The topological polar surface area (TPSA) is 25.8 Å². The fourth-order valence-corrected chi connectivity index (χ4v) is 1.35. The summed E-state index contributed by atoms with van der Waals surface area (Å²) in [7, 11) is 0. The molecule has 0 atom stereocenters. The number of hydrogen-bond acceptors (Lipinski definition) is 3. The minimum atomic E-state index is 0.883. The molecule has 53 valence electrons. The van der Waals surface area contributed by atoms with Crippen LogP contribution in [0.5, 0.6) is 0 Å². The maximum atomic E-state index is 4.13. The van der Waals surface area contributed by atoms with Crippen LogP contribution in [-0.4, -0.2) is 9.97 Å². The van der Waals surface area contributed by atoms with Crippen LogP contribution in [-0.2, 0) is 0 Å². The van der Waals surface area contributed by atoms with E-state index in [1.807, 2.05) is 11.4 Å². The van der Waals surface area contributed by atoms with Gasteiger partial charge in [0.2, 0.25) is 0 Å². The third-order valence-corrected chi connectivity index (χ3v) is 1.89. The van der Waals surface area contributed by atoms with E-state index in [4.69, 9.17) is 0 Å². The highest BCUT2D eigenvalue weighted by Gasteiger charge is 1.97. The number of rotatable bonds is 1. The summed E-state index contributed by atoms with van der Waals surface area (Å²) in [6.07, 6.45) is 1.72. The first-order valence-electron chi connectivity index (χ1n) is 3.17.